The van der Waals surface area contributed by atoms with Crippen molar-refractivity contribution in [3.05, 3.63) is 29.6 Å². The lowest BCUT2D eigenvalue weighted by atomic mass is 9.89. The first-order chi connectivity index (χ1) is 10.1. The lowest BCUT2D eigenvalue weighted by Crippen LogP contribution is -2.25. The molecule has 0 radical (unpaired) electrons. The van der Waals surface area contributed by atoms with Crippen LogP contribution in [0.1, 0.15) is 64.5 Å². The van der Waals surface area contributed by atoms with Gasteiger partial charge in [-0.25, -0.2) is 4.39 Å². The van der Waals surface area contributed by atoms with E-state index in [9.17, 15) is 4.39 Å². The third kappa shape index (κ3) is 4.70. The zero-order valence-corrected chi connectivity index (χ0v) is 13.5. The maximum Gasteiger partial charge on any atom is 0.127 e. The van der Waals surface area contributed by atoms with Gasteiger partial charge < -0.3 is 10.1 Å². The number of ether oxygens (including phenoxy) is 1. The highest BCUT2D eigenvalue weighted by Crippen LogP contribution is 2.31. The third-order valence-corrected chi connectivity index (χ3v) is 4.40. The number of nitrogens with one attached hydrogen (secondary N) is 1. The molecule has 0 aromatic heterocycles. The van der Waals surface area contributed by atoms with E-state index in [0.29, 0.717) is 5.75 Å². The van der Waals surface area contributed by atoms with E-state index < -0.39 is 0 Å². The van der Waals surface area contributed by atoms with Crippen LogP contribution in [0.3, 0.4) is 0 Å². The lowest BCUT2D eigenvalue weighted by Gasteiger charge is -2.28. The quantitative estimate of drug-likeness (QED) is 0.810. The van der Waals surface area contributed by atoms with Gasteiger partial charge in [-0.3, -0.25) is 0 Å². The second-order valence-electron chi connectivity index (χ2n) is 6.36. The molecule has 1 fully saturated rings. The highest BCUT2D eigenvalue weighted by atomic mass is 19.1. The van der Waals surface area contributed by atoms with Gasteiger partial charge in [0.25, 0.3) is 0 Å². The maximum absolute atomic E-state index is 13.6. The summed E-state index contributed by atoms with van der Waals surface area (Å²) >= 11 is 0. The molecule has 1 saturated carbocycles. The molecular weight excluding hydrogens is 265 g/mol. The molecule has 0 bridgehead atoms. The number of hydrogen-bond donors (Lipinski definition) is 1. The van der Waals surface area contributed by atoms with Gasteiger partial charge in [-0.2, -0.15) is 0 Å². The van der Waals surface area contributed by atoms with Gasteiger partial charge in [0.15, 0.2) is 0 Å². The van der Waals surface area contributed by atoms with E-state index in [1.165, 1.54) is 25.0 Å². The molecule has 1 aliphatic carbocycles. The van der Waals surface area contributed by atoms with Crippen molar-refractivity contribution in [2.75, 3.05) is 6.54 Å². The largest absolute Gasteiger partial charge is 0.490 e. The molecule has 1 atom stereocenters. The van der Waals surface area contributed by atoms with E-state index in [-0.39, 0.29) is 18.0 Å². The Balaban J connectivity index is 2.07. The summed E-state index contributed by atoms with van der Waals surface area (Å²) in [7, 11) is 0. The van der Waals surface area contributed by atoms with E-state index in [4.69, 9.17) is 4.74 Å². The van der Waals surface area contributed by atoms with Gasteiger partial charge in [-0.1, -0.05) is 19.9 Å². The Bertz CT molecular complexity index is 441. The minimum atomic E-state index is -0.222. The fourth-order valence-electron chi connectivity index (χ4n) is 2.97. The summed E-state index contributed by atoms with van der Waals surface area (Å²) in [5.74, 6) is 1.29. The second kappa shape index (κ2) is 7.79. The number of halogens is 1. The molecule has 2 rings (SSSR count). The lowest BCUT2D eigenvalue weighted by molar-refractivity contribution is 0.133. The Labute approximate surface area is 128 Å². The van der Waals surface area contributed by atoms with Crippen LogP contribution >= 0.6 is 0 Å². The van der Waals surface area contributed by atoms with Crippen LogP contribution in [0.2, 0.25) is 0 Å². The summed E-state index contributed by atoms with van der Waals surface area (Å²) in [5.41, 5.74) is 1.06. The molecule has 1 aliphatic rings. The van der Waals surface area contributed by atoms with E-state index in [1.807, 2.05) is 6.07 Å². The van der Waals surface area contributed by atoms with Crippen molar-refractivity contribution >= 4 is 0 Å². The van der Waals surface area contributed by atoms with Crippen LogP contribution in [0, 0.1) is 11.7 Å². The maximum atomic E-state index is 13.6. The smallest absolute Gasteiger partial charge is 0.127 e. The van der Waals surface area contributed by atoms with Crippen LogP contribution in [0.4, 0.5) is 4.39 Å². The molecule has 0 heterocycles. The van der Waals surface area contributed by atoms with Crippen molar-refractivity contribution < 1.29 is 9.13 Å². The molecule has 118 valence electrons. The molecular formula is C18H28FNO. The predicted molar refractivity (Wildman–Crippen MR) is 85.2 cm³/mol. The summed E-state index contributed by atoms with van der Waals surface area (Å²) < 4.78 is 19.7. The van der Waals surface area contributed by atoms with Crippen molar-refractivity contribution in [2.24, 2.45) is 5.92 Å². The summed E-state index contributed by atoms with van der Waals surface area (Å²) in [6.07, 6.45) is 5.89. The molecule has 0 spiro atoms. The first-order valence-electron chi connectivity index (χ1n) is 8.29. The molecule has 3 heteroatoms. The number of hydrogen-bond acceptors (Lipinski definition) is 2. The first-order valence-corrected chi connectivity index (χ1v) is 8.29. The van der Waals surface area contributed by atoms with Crippen LogP contribution in [0.5, 0.6) is 5.75 Å². The minimum absolute atomic E-state index is 0.183. The third-order valence-electron chi connectivity index (χ3n) is 4.40. The summed E-state index contributed by atoms with van der Waals surface area (Å²) in [6, 6.07) is 5.10. The topological polar surface area (TPSA) is 21.3 Å². The Morgan fingerprint density at radius 1 is 1.29 bits per heavy atom. The summed E-state index contributed by atoms with van der Waals surface area (Å²) in [6.45, 7) is 7.50. The van der Waals surface area contributed by atoms with Gasteiger partial charge in [0.1, 0.15) is 11.6 Å². The number of benzene rings is 1. The normalized spacial score (nSPS) is 23.8. The van der Waals surface area contributed by atoms with Gasteiger partial charge in [-0.15, -0.1) is 0 Å². The molecule has 0 saturated heterocycles. The fraction of sp³-hybridized carbons (Fsp3) is 0.667. The van der Waals surface area contributed by atoms with Crippen LogP contribution in [-0.2, 0) is 0 Å². The molecule has 0 amide bonds. The van der Waals surface area contributed by atoms with E-state index in [1.54, 1.807) is 0 Å². The average Bonchev–Trinajstić information content (AvgIpc) is 2.47. The zero-order valence-electron chi connectivity index (χ0n) is 13.5. The Hall–Kier alpha value is -1.09. The van der Waals surface area contributed by atoms with Crippen LogP contribution in [-0.4, -0.2) is 12.6 Å². The zero-order chi connectivity index (χ0) is 15.2. The molecule has 21 heavy (non-hydrogen) atoms. The van der Waals surface area contributed by atoms with Gasteiger partial charge in [-0.05, 0) is 57.6 Å². The number of rotatable bonds is 6. The van der Waals surface area contributed by atoms with Crippen molar-refractivity contribution in [3.8, 4) is 5.75 Å². The van der Waals surface area contributed by atoms with Crippen LogP contribution in [0.25, 0.3) is 0 Å². The molecule has 1 unspecified atom stereocenters. The highest BCUT2D eigenvalue weighted by molar-refractivity contribution is 5.36. The van der Waals surface area contributed by atoms with Crippen LogP contribution < -0.4 is 10.1 Å². The summed E-state index contributed by atoms with van der Waals surface area (Å²) in [5, 5.41) is 3.45. The molecule has 1 aromatic carbocycles. The van der Waals surface area contributed by atoms with E-state index in [2.05, 4.69) is 26.1 Å². The Kier molecular flexibility index (Phi) is 6.04. The average molecular weight is 293 g/mol. The molecule has 1 aromatic rings. The van der Waals surface area contributed by atoms with E-state index in [0.717, 1.165) is 37.3 Å². The molecule has 2 nitrogen and oxygen atoms in total. The standard InChI is InChI=1S/C18H28FNO/c1-4-11-20-14(3)17-10-7-15(19)12-18(17)21-16-8-5-13(2)6-9-16/h7,10,12-14,16,20H,4-6,8-9,11H2,1-3H3. The van der Waals surface area contributed by atoms with Crippen molar-refractivity contribution in [3.63, 3.8) is 0 Å². The van der Waals surface area contributed by atoms with Gasteiger partial charge in [0.05, 0.1) is 6.10 Å². The highest BCUT2D eigenvalue weighted by Gasteiger charge is 2.21. The van der Waals surface area contributed by atoms with Gasteiger partial charge >= 0.3 is 0 Å². The van der Waals surface area contributed by atoms with Crippen molar-refractivity contribution in [1.29, 1.82) is 0 Å². The molecule has 0 aliphatic heterocycles. The van der Waals surface area contributed by atoms with E-state index >= 15 is 0 Å². The first kappa shape index (κ1) is 16.3. The fourth-order valence-corrected chi connectivity index (χ4v) is 2.97. The Morgan fingerprint density at radius 2 is 2.00 bits per heavy atom. The van der Waals surface area contributed by atoms with Gasteiger partial charge in [0.2, 0.25) is 0 Å². The van der Waals surface area contributed by atoms with Crippen molar-refractivity contribution in [2.45, 2.75) is 65.0 Å². The Morgan fingerprint density at radius 3 is 2.67 bits per heavy atom. The second-order valence-corrected chi connectivity index (χ2v) is 6.36. The predicted octanol–water partition coefficient (Wildman–Crippen LogP) is 4.84. The van der Waals surface area contributed by atoms with Crippen LogP contribution in [0.15, 0.2) is 18.2 Å². The monoisotopic (exact) mass is 293 g/mol. The SMILES string of the molecule is CCCNC(C)c1ccc(F)cc1OC1CCC(C)CC1. The minimum Gasteiger partial charge on any atom is -0.490 e. The van der Waals surface area contributed by atoms with Gasteiger partial charge in [0, 0.05) is 17.7 Å². The molecule has 1 N–H and O–H groups in total. The summed E-state index contributed by atoms with van der Waals surface area (Å²) in [4.78, 5) is 0. The van der Waals surface area contributed by atoms with Crippen molar-refractivity contribution in [1.82, 2.24) is 5.32 Å².